The summed E-state index contributed by atoms with van der Waals surface area (Å²) in [5.41, 5.74) is 0.617. The van der Waals surface area contributed by atoms with Crippen LogP contribution in [0.2, 0.25) is 5.02 Å². The number of halogens is 1. The fourth-order valence-electron chi connectivity index (χ4n) is 1.63. The standard InChI is InChI=1S/C11H13ClO3/c1-11(2,13)9-4-8(12)3-7-5-14-6-15-10(7)9/h3-4,13H,5-6H2,1-2H3. The summed E-state index contributed by atoms with van der Waals surface area (Å²) in [7, 11) is 0. The van der Waals surface area contributed by atoms with Crippen LogP contribution < -0.4 is 4.74 Å². The molecule has 0 aromatic heterocycles. The van der Waals surface area contributed by atoms with Gasteiger partial charge >= 0.3 is 0 Å². The molecule has 1 aromatic carbocycles. The molecule has 0 atom stereocenters. The fraction of sp³-hybridized carbons (Fsp3) is 0.455. The molecule has 1 aliphatic rings. The monoisotopic (exact) mass is 228 g/mol. The Morgan fingerprint density at radius 2 is 2.13 bits per heavy atom. The Balaban J connectivity index is 2.58. The van der Waals surface area contributed by atoms with Crippen LogP contribution in [-0.4, -0.2) is 11.9 Å². The van der Waals surface area contributed by atoms with Crippen LogP contribution in [0.3, 0.4) is 0 Å². The van der Waals surface area contributed by atoms with E-state index in [2.05, 4.69) is 0 Å². The van der Waals surface area contributed by atoms with Gasteiger partial charge in [-0.25, -0.2) is 0 Å². The molecule has 0 bridgehead atoms. The summed E-state index contributed by atoms with van der Waals surface area (Å²) in [5.74, 6) is 0.693. The topological polar surface area (TPSA) is 38.7 Å². The lowest BCUT2D eigenvalue weighted by atomic mass is 9.95. The predicted molar refractivity (Wildman–Crippen MR) is 57.0 cm³/mol. The first kappa shape index (κ1) is 10.7. The number of benzene rings is 1. The van der Waals surface area contributed by atoms with Gasteiger partial charge in [0.2, 0.25) is 0 Å². The average molecular weight is 229 g/mol. The maximum atomic E-state index is 9.99. The molecule has 1 N–H and O–H groups in total. The van der Waals surface area contributed by atoms with E-state index in [0.29, 0.717) is 22.9 Å². The lowest BCUT2D eigenvalue weighted by Crippen LogP contribution is -2.21. The van der Waals surface area contributed by atoms with Gasteiger partial charge < -0.3 is 14.6 Å². The van der Waals surface area contributed by atoms with Crippen molar-refractivity contribution >= 4 is 11.6 Å². The molecule has 15 heavy (non-hydrogen) atoms. The second-order valence-electron chi connectivity index (χ2n) is 4.11. The number of hydrogen-bond donors (Lipinski definition) is 1. The van der Waals surface area contributed by atoms with E-state index in [-0.39, 0.29) is 6.79 Å². The van der Waals surface area contributed by atoms with Crippen LogP contribution in [0.5, 0.6) is 5.75 Å². The van der Waals surface area contributed by atoms with Crippen molar-refractivity contribution in [1.82, 2.24) is 0 Å². The molecule has 0 amide bonds. The Labute approximate surface area is 93.6 Å². The van der Waals surface area contributed by atoms with E-state index in [1.807, 2.05) is 0 Å². The largest absolute Gasteiger partial charge is 0.467 e. The Hall–Kier alpha value is -0.770. The smallest absolute Gasteiger partial charge is 0.189 e. The Morgan fingerprint density at radius 1 is 1.40 bits per heavy atom. The molecular weight excluding hydrogens is 216 g/mol. The number of hydrogen-bond acceptors (Lipinski definition) is 3. The minimum atomic E-state index is -0.966. The first-order valence-electron chi connectivity index (χ1n) is 4.74. The van der Waals surface area contributed by atoms with Gasteiger partial charge in [-0.1, -0.05) is 11.6 Å². The van der Waals surface area contributed by atoms with Gasteiger partial charge in [0.1, 0.15) is 5.75 Å². The lowest BCUT2D eigenvalue weighted by Gasteiger charge is -2.26. The Morgan fingerprint density at radius 3 is 2.80 bits per heavy atom. The number of rotatable bonds is 1. The molecule has 1 aliphatic heterocycles. The highest BCUT2D eigenvalue weighted by Gasteiger charge is 2.26. The summed E-state index contributed by atoms with van der Waals surface area (Å²) in [6.45, 7) is 4.10. The minimum Gasteiger partial charge on any atom is -0.467 e. The third kappa shape index (κ3) is 2.09. The highest BCUT2D eigenvalue weighted by atomic mass is 35.5. The zero-order valence-corrected chi connectivity index (χ0v) is 9.47. The van der Waals surface area contributed by atoms with Crippen LogP contribution in [0.1, 0.15) is 25.0 Å². The van der Waals surface area contributed by atoms with Crippen LogP contribution in [0.25, 0.3) is 0 Å². The third-order valence-electron chi connectivity index (χ3n) is 2.33. The summed E-state index contributed by atoms with van der Waals surface area (Å²) < 4.78 is 10.6. The van der Waals surface area contributed by atoms with E-state index in [4.69, 9.17) is 21.1 Å². The third-order valence-corrected chi connectivity index (χ3v) is 2.55. The van der Waals surface area contributed by atoms with E-state index in [0.717, 1.165) is 5.56 Å². The molecule has 3 nitrogen and oxygen atoms in total. The maximum Gasteiger partial charge on any atom is 0.189 e. The SMILES string of the molecule is CC(C)(O)c1cc(Cl)cc2c1OCOC2. The van der Waals surface area contributed by atoms with Crippen molar-refractivity contribution in [2.45, 2.75) is 26.1 Å². The minimum absolute atomic E-state index is 0.220. The lowest BCUT2D eigenvalue weighted by molar-refractivity contribution is -0.0212. The van der Waals surface area contributed by atoms with Crippen molar-refractivity contribution in [2.24, 2.45) is 0 Å². The Bertz CT molecular complexity index is 382. The molecule has 0 aliphatic carbocycles. The summed E-state index contributed by atoms with van der Waals surface area (Å²) in [5, 5.41) is 10.6. The zero-order chi connectivity index (χ0) is 11.1. The van der Waals surface area contributed by atoms with Crippen molar-refractivity contribution in [3.8, 4) is 5.75 Å². The molecule has 0 spiro atoms. The van der Waals surface area contributed by atoms with Crippen LogP contribution in [0.15, 0.2) is 12.1 Å². The first-order chi connectivity index (χ1) is 6.98. The first-order valence-corrected chi connectivity index (χ1v) is 5.12. The molecule has 1 heterocycles. The van der Waals surface area contributed by atoms with Crippen LogP contribution in [-0.2, 0) is 16.9 Å². The molecule has 4 heteroatoms. The van der Waals surface area contributed by atoms with Gasteiger partial charge in [-0.05, 0) is 26.0 Å². The normalized spacial score (nSPS) is 15.7. The van der Waals surface area contributed by atoms with Crippen LogP contribution >= 0.6 is 11.6 Å². The highest BCUT2D eigenvalue weighted by Crippen LogP contribution is 2.37. The molecular formula is C11H13ClO3. The summed E-state index contributed by atoms with van der Waals surface area (Å²) in [4.78, 5) is 0. The van der Waals surface area contributed by atoms with Crippen molar-refractivity contribution in [3.63, 3.8) is 0 Å². The number of fused-ring (bicyclic) bond motifs is 1. The van der Waals surface area contributed by atoms with E-state index in [1.165, 1.54) is 0 Å². The molecule has 0 saturated heterocycles. The van der Waals surface area contributed by atoms with Crippen molar-refractivity contribution in [2.75, 3.05) is 6.79 Å². The second kappa shape index (κ2) is 3.67. The molecule has 0 saturated carbocycles. The van der Waals surface area contributed by atoms with E-state index >= 15 is 0 Å². The van der Waals surface area contributed by atoms with Crippen molar-refractivity contribution < 1.29 is 14.6 Å². The predicted octanol–water partition coefficient (Wildman–Crippen LogP) is 2.43. The molecule has 0 radical (unpaired) electrons. The molecule has 82 valence electrons. The van der Waals surface area contributed by atoms with Crippen molar-refractivity contribution in [1.29, 1.82) is 0 Å². The van der Waals surface area contributed by atoms with Crippen LogP contribution in [0.4, 0.5) is 0 Å². The van der Waals surface area contributed by atoms with Gasteiger partial charge in [0.25, 0.3) is 0 Å². The quantitative estimate of drug-likeness (QED) is 0.803. The molecule has 0 unspecified atom stereocenters. The summed E-state index contributed by atoms with van der Waals surface area (Å²) >= 11 is 5.97. The average Bonchev–Trinajstić information content (AvgIpc) is 2.15. The maximum absolute atomic E-state index is 9.99. The van der Waals surface area contributed by atoms with E-state index in [9.17, 15) is 5.11 Å². The number of ether oxygens (including phenoxy) is 2. The van der Waals surface area contributed by atoms with Gasteiger partial charge in [0.05, 0.1) is 12.2 Å². The Kier molecular flexibility index (Phi) is 2.63. The van der Waals surface area contributed by atoms with Crippen LogP contribution in [0, 0.1) is 0 Å². The van der Waals surface area contributed by atoms with Gasteiger partial charge in [-0.15, -0.1) is 0 Å². The molecule has 0 fully saturated rings. The molecule has 1 aromatic rings. The zero-order valence-electron chi connectivity index (χ0n) is 8.71. The van der Waals surface area contributed by atoms with Gasteiger partial charge in [-0.3, -0.25) is 0 Å². The van der Waals surface area contributed by atoms with E-state index in [1.54, 1.807) is 26.0 Å². The fourth-order valence-corrected chi connectivity index (χ4v) is 1.88. The second-order valence-corrected chi connectivity index (χ2v) is 4.55. The van der Waals surface area contributed by atoms with Crippen molar-refractivity contribution in [3.05, 3.63) is 28.3 Å². The van der Waals surface area contributed by atoms with Gasteiger partial charge in [0, 0.05) is 16.1 Å². The van der Waals surface area contributed by atoms with Gasteiger partial charge in [0.15, 0.2) is 6.79 Å². The number of aliphatic hydroxyl groups is 1. The van der Waals surface area contributed by atoms with Gasteiger partial charge in [-0.2, -0.15) is 0 Å². The summed E-state index contributed by atoms with van der Waals surface area (Å²) in [6.07, 6.45) is 0. The highest BCUT2D eigenvalue weighted by molar-refractivity contribution is 6.30. The molecule has 2 rings (SSSR count). The van der Waals surface area contributed by atoms with E-state index < -0.39 is 5.60 Å². The summed E-state index contributed by atoms with van der Waals surface area (Å²) in [6, 6.07) is 3.52.